The van der Waals surface area contributed by atoms with Gasteiger partial charge in [-0.25, -0.2) is 4.79 Å². The molecule has 0 radical (unpaired) electrons. The summed E-state index contributed by atoms with van der Waals surface area (Å²) in [5.74, 6) is -0.326. The Bertz CT molecular complexity index is 418. The normalized spacial score (nSPS) is 22.8. The van der Waals surface area contributed by atoms with Gasteiger partial charge in [0, 0.05) is 39.5 Å². The quantitative estimate of drug-likeness (QED) is 0.692. The fraction of sp³-hybridized carbons (Fsp3) is 0.889. The molecule has 0 bridgehead atoms. The summed E-state index contributed by atoms with van der Waals surface area (Å²) in [6.07, 6.45) is 3.02. The first-order chi connectivity index (χ1) is 11.2. The van der Waals surface area contributed by atoms with Crippen molar-refractivity contribution in [1.29, 1.82) is 0 Å². The van der Waals surface area contributed by atoms with Gasteiger partial charge >= 0.3 is 12.1 Å². The molecule has 6 nitrogen and oxygen atoms in total. The molecule has 6 heteroatoms. The topological polar surface area (TPSA) is 65.1 Å². The van der Waals surface area contributed by atoms with Crippen molar-refractivity contribution < 1.29 is 23.8 Å². The van der Waals surface area contributed by atoms with E-state index in [9.17, 15) is 9.59 Å². The van der Waals surface area contributed by atoms with Crippen LogP contribution in [-0.2, 0) is 19.0 Å². The molecule has 140 valence electrons. The van der Waals surface area contributed by atoms with E-state index in [1.807, 2.05) is 20.8 Å². The van der Waals surface area contributed by atoms with Crippen LogP contribution in [0.25, 0.3) is 0 Å². The minimum atomic E-state index is -0.526. The molecule has 3 atom stereocenters. The van der Waals surface area contributed by atoms with Gasteiger partial charge in [-0.05, 0) is 27.2 Å². The van der Waals surface area contributed by atoms with E-state index >= 15 is 0 Å². The molecule has 0 aromatic carbocycles. The summed E-state index contributed by atoms with van der Waals surface area (Å²) in [7, 11) is 1.68. The molecule has 0 N–H and O–H groups in total. The van der Waals surface area contributed by atoms with Gasteiger partial charge in [-0.1, -0.05) is 19.8 Å². The minimum Gasteiger partial charge on any atom is -0.462 e. The van der Waals surface area contributed by atoms with E-state index in [1.54, 1.807) is 12.0 Å². The Morgan fingerprint density at radius 1 is 1.29 bits per heavy atom. The van der Waals surface area contributed by atoms with E-state index in [0.29, 0.717) is 19.5 Å². The van der Waals surface area contributed by atoms with Crippen LogP contribution in [0.1, 0.15) is 60.3 Å². The van der Waals surface area contributed by atoms with Gasteiger partial charge in [0.1, 0.15) is 11.7 Å². The minimum absolute atomic E-state index is 0.0354. The van der Waals surface area contributed by atoms with E-state index in [2.05, 4.69) is 6.92 Å². The molecule has 1 saturated heterocycles. The summed E-state index contributed by atoms with van der Waals surface area (Å²) in [4.78, 5) is 25.5. The Hall–Kier alpha value is -1.30. The van der Waals surface area contributed by atoms with Crippen LogP contribution in [-0.4, -0.2) is 55.0 Å². The van der Waals surface area contributed by atoms with Crippen molar-refractivity contribution in [2.24, 2.45) is 5.92 Å². The zero-order chi connectivity index (χ0) is 18.3. The lowest BCUT2D eigenvalue weighted by atomic mass is 9.87. The Labute approximate surface area is 145 Å². The van der Waals surface area contributed by atoms with Gasteiger partial charge in [-0.3, -0.25) is 4.79 Å². The number of methoxy groups -OCH3 is 1. The Balaban J connectivity index is 2.84. The molecule has 0 saturated carbocycles. The number of hydrogen-bond acceptors (Lipinski definition) is 5. The number of carbonyl (C=O) groups is 2. The first-order valence-electron chi connectivity index (χ1n) is 8.85. The van der Waals surface area contributed by atoms with Crippen LogP contribution in [0.2, 0.25) is 0 Å². The molecule has 1 aliphatic heterocycles. The number of esters is 1. The van der Waals surface area contributed by atoms with Crippen LogP contribution in [0, 0.1) is 5.92 Å². The van der Waals surface area contributed by atoms with E-state index < -0.39 is 5.60 Å². The zero-order valence-electron chi connectivity index (χ0n) is 16.0. The maximum Gasteiger partial charge on any atom is 0.410 e. The number of nitrogens with zero attached hydrogens (tertiary/aromatic N) is 1. The maximum absolute atomic E-state index is 12.4. The molecule has 1 heterocycles. The highest BCUT2D eigenvalue weighted by atomic mass is 16.6. The van der Waals surface area contributed by atoms with Gasteiger partial charge in [0.05, 0.1) is 6.10 Å². The number of piperidine rings is 1. The number of likely N-dealkylation sites (tertiary alicyclic amines) is 1. The molecule has 1 fully saturated rings. The molecule has 0 aromatic heterocycles. The predicted molar refractivity (Wildman–Crippen MR) is 91.8 cm³/mol. The highest BCUT2D eigenvalue weighted by molar-refractivity contribution is 5.68. The van der Waals surface area contributed by atoms with Crippen molar-refractivity contribution in [3.63, 3.8) is 0 Å². The first-order valence-corrected chi connectivity index (χ1v) is 8.85. The number of ether oxygens (including phenoxy) is 3. The maximum atomic E-state index is 12.4. The van der Waals surface area contributed by atoms with Crippen molar-refractivity contribution in [3.05, 3.63) is 0 Å². The summed E-state index contributed by atoms with van der Waals surface area (Å²) >= 11 is 0. The Morgan fingerprint density at radius 2 is 1.96 bits per heavy atom. The number of carbonyl (C=O) groups excluding carboxylic acids is 2. The summed E-state index contributed by atoms with van der Waals surface area (Å²) < 4.78 is 16.6. The van der Waals surface area contributed by atoms with Crippen molar-refractivity contribution in [1.82, 2.24) is 4.90 Å². The Morgan fingerprint density at radius 3 is 2.46 bits per heavy atom. The second-order valence-corrected chi connectivity index (χ2v) is 7.44. The second-order valence-electron chi connectivity index (χ2n) is 7.44. The average molecular weight is 343 g/mol. The lowest BCUT2D eigenvalue weighted by Crippen LogP contribution is -2.52. The molecular weight excluding hydrogens is 310 g/mol. The highest BCUT2D eigenvalue weighted by Gasteiger charge is 2.39. The van der Waals surface area contributed by atoms with Gasteiger partial charge in [0.15, 0.2) is 0 Å². The second kappa shape index (κ2) is 9.25. The van der Waals surface area contributed by atoms with E-state index in [0.717, 1.165) is 19.3 Å². The van der Waals surface area contributed by atoms with E-state index in [1.165, 1.54) is 6.92 Å². The monoisotopic (exact) mass is 343 g/mol. The number of amides is 1. The smallest absolute Gasteiger partial charge is 0.410 e. The number of hydrogen-bond donors (Lipinski definition) is 0. The third-order valence-corrected chi connectivity index (χ3v) is 4.18. The fourth-order valence-corrected chi connectivity index (χ4v) is 3.08. The predicted octanol–water partition coefficient (Wildman–Crippen LogP) is 3.38. The average Bonchev–Trinajstić information content (AvgIpc) is 2.47. The summed E-state index contributed by atoms with van der Waals surface area (Å²) in [5.41, 5.74) is -0.526. The van der Waals surface area contributed by atoms with Gasteiger partial charge in [-0.15, -0.1) is 0 Å². The van der Waals surface area contributed by atoms with E-state index in [-0.39, 0.29) is 30.2 Å². The van der Waals surface area contributed by atoms with Gasteiger partial charge in [0.25, 0.3) is 0 Å². The van der Waals surface area contributed by atoms with Gasteiger partial charge < -0.3 is 19.1 Å². The molecular formula is C18H33NO5. The number of unbranched alkanes of at least 4 members (excludes halogenated alkanes) is 1. The van der Waals surface area contributed by atoms with Crippen LogP contribution in [0.3, 0.4) is 0 Å². The molecule has 0 spiro atoms. The van der Waals surface area contributed by atoms with Gasteiger partial charge in [0.2, 0.25) is 0 Å². The highest BCUT2D eigenvalue weighted by Crippen LogP contribution is 2.28. The molecule has 1 aliphatic rings. The van der Waals surface area contributed by atoms with Crippen molar-refractivity contribution in [2.75, 3.05) is 20.2 Å². The third-order valence-electron chi connectivity index (χ3n) is 4.18. The lowest BCUT2D eigenvalue weighted by Gasteiger charge is -2.41. The molecule has 1 amide bonds. The van der Waals surface area contributed by atoms with Crippen molar-refractivity contribution in [3.8, 4) is 0 Å². The number of rotatable bonds is 6. The SMILES string of the molecule is CCCCC(OC)C1CN(C(=O)OC(C)(C)C)CCC1OC(C)=O. The third kappa shape index (κ3) is 6.67. The molecule has 1 rings (SSSR count). The van der Waals surface area contributed by atoms with Gasteiger partial charge in [-0.2, -0.15) is 0 Å². The summed E-state index contributed by atoms with van der Waals surface area (Å²) in [5, 5.41) is 0. The molecule has 0 aromatic rings. The van der Waals surface area contributed by atoms with Crippen LogP contribution in [0.5, 0.6) is 0 Å². The molecule has 24 heavy (non-hydrogen) atoms. The Kier molecular flexibility index (Phi) is 8.00. The standard InChI is InChI=1S/C18H33NO5/c1-7-8-9-15(22-6)14-12-19(17(21)24-18(3,4)5)11-10-16(14)23-13(2)20/h14-16H,7-12H2,1-6H3. The summed E-state index contributed by atoms with van der Waals surface area (Å²) in [6.45, 7) is 10.1. The van der Waals surface area contributed by atoms with Crippen LogP contribution < -0.4 is 0 Å². The van der Waals surface area contributed by atoms with E-state index in [4.69, 9.17) is 14.2 Å². The first kappa shape index (κ1) is 20.7. The van der Waals surface area contributed by atoms with Crippen molar-refractivity contribution in [2.45, 2.75) is 78.1 Å². The molecule has 3 unspecified atom stereocenters. The lowest BCUT2D eigenvalue weighted by molar-refractivity contribution is -0.156. The van der Waals surface area contributed by atoms with Crippen LogP contribution >= 0.6 is 0 Å². The molecule has 0 aliphatic carbocycles. The summed E-state index contributed by atoms with van der Waals surface area (Å²) in [6, 6.07) is 0. The van der Waals surface area contributed by atoms with Crippen molar-refractivity contribution >= 4 is 12.1 Å². The zero-order valence-corrected chi connectivity index (χ0v) is 16.0. The van der Waals surface area contributed by atoms with Crippen LogP contribution in [0.4, 0.5) is 4.79 Å². The van der Waals surface area contributed by atoms with Crippen LogP contribution in [0.15, 0.2) is 0 Å². The largest absolute Gasteiger partial charge is 0.462 e. The fourth-order valence-electron chi connectivity index (χ4n) is 3.08.